The lowest BCUT2D eigenvalue weighted by Gasteiger charge is -2.06. The molecule has 76 valence electrons. The molecule has 1 N–H and O–H groups in total. The van der Waals surface area contributed by atoms with Gasteiger partial charge in [-0.1, -0.05) is 13.8 Å². The lowest BCUT2D eigenvalue weighted by molar-refractivity contribution is -0.124. The van der Waals surface area contributed by atoms with Crippen LogP contribution >= 0.6 is 0 Å². The minimum absolute atomic E-state index is 0.0120. The van der Waals surface area contributed by atoms with Gasteiger partial charge in [0.2, 0.25) is 5.91 Å². The highest BCUT2D eigenvalue weighted by atomic mass is 16.1. The molecule has 0 radical (unpaired) electrons. The number of aromatic nitrogens is 2. The molecule has 0 saturated carbocycles. The van der Waals surface area contributed by atoms with Crippen LogP contribution in [-0.2, 0) is 11.3 Å². The van der Waals surface area contributed by atoms with Gasteiger partial charge in [0.1, 0.15) is 5.82 Å². The number of hydrogen-bond acceptors (Lipinski definition) is 3. The first kappa shape index (κ1) is 10.6. The molecule has 1 amide bonds. The first-order valence-corrected chi connectivity index (χ1v) is 4.66. The summed E-state index contributed by atoms with van der Waals surface area (Å²) in [7, 11) is 0. The average molecular weight is 193 g/mol. The Morgan fingerprint density at radius 1 is 1.57 bits per heavy atom. The van der Waals surface area contributed by atoms with Gasteiger partial charge in [0.15, 0.2) is 0 Å². The van der Waals surface area contributed by atoms with E-state index in [1.165, 1.54) is 0 Å². The van der Waals surface area contributed by atoms with Crippen LogP contribution in [0.4, 0.5) is 0 Å². The summed E-state index contributed by atoms with van der Waals surface area (Å²) in [5.74, 6) is 0.778. The van der Waals surface area contributed by atoms with E-state index in [0.29, 0.717) is 6.54 Å². The number of carbonyl (C=O) groups excluding carboxylic acids is 1. The van der Waals surface area contributed by atoms with E-state index in [-0.39, 0.29) is 11.8 Å². The number of rotatable bonds is 3. The number of hydrogen-bond donors (Lipinski definition) is 1. The van der Waals surface area contributed by atoms with E-state index in [2.05, 4.69) is 15.3 Å². The van der Waals surface area contributed by atoms with E-state index < -0.39 is 0 Å². The molecule has 1 heterocycles. The van der Waals surface area contributed by atoms with Crippen molar-refractivity contribution in [2.45, 2.75) is 27.3 Å². The van der Waals surface area contributed by atoms with Gasteiger partial charge in [-0.15, -0.1) is 0 Å². The third kappa shape index (κ3) is 3.12. The van der Waals surface area contributed by atoms with Crippen LogP contribution in [0, 0.1) is 12.8 Å². The van der Waals surface area contributed by atoms with Crippen LogP contribution in [0.15, 0.2) is 12.3 Å². The Kier molecular flexibility index (Phi) is 3.56. The summed E-state index contributed by atoms with van der Waals surface area (Å²) < 4.78 is 0. The minimum Gasteiger partial charge on any atom is -0.350 e. The normalized spacial score (nSPS) is 10.3. The second kappa shape index (κ2) is 4.69. The second-order valence-corrected chi connectivity index (χ2v) is 3.47. The fourth-order valence-electron chi connectivity index (χ4n) is 0.985. The zero-order valence-electron chi connectivity index (χ0n) is 8.74. The smallest absolute Gasteiger partial charge is 0.222 e. The predicted octanol–water partition coefficient (Wildman–Crippen LogP) is 1.06. The highest BCUT2D eigenvalue weighted by molar-refractivity contribution is 5.77. The van der Waals surface area contributed by atoms with Gasteiger partial charge in [-0.3, -0.25) is 4.79 Å². The molecule has 1 aromatic heterocycles. The Balaban J connectivity index is 2.50. The highest BCUT2D eigenvalue weighted by Gasteiger charge is 2.05. The van der Waals surface area contributed by atoms with Crippen molar-refractivity contribution < 1.29 is 4.79 Å². The molecule has 0 aromatic carbocycles. The number of amides is 1. The van der Waals surface area contributed by atoms with E-state index >= 15 is 0 Å². The molecule has 0 aliphatic carbocycles. The molecule has 0 saturated heterocycles. The zero-order valence-corrected chi connectivity index (χ0v) is 8.74. The zero-order chi connectivity index (χ0) is 10.6. The van der Waals surface area contributed by atoms with Crippen molar-refractivity contribution in [2.75, 3.05) is 0 Å². The first-order chi connectivity index (χ1) is 6.59. The highest BCUT2D eigenvalue weighted by Crippen LogP contribution is 1.96. The Morgan fingerprint density at radius 2 is 2.29 bits per heavy atom. The van der Waals surface area contributed by atoms with Crippen LogP contribution in [-0.4, -0.2) is 15.9 Å². The molecule has 1 aromatic rings. The van der Waals surface area contributed by atoms with E-state index in [1.807, 2.05) is 20.8 Å². The summed E-state index contributed by atoms with van der Waals surface area (Å²) in [5.41, 5.74) is 0.839. The summed E-state index contributed by atoms with van der Waals surface area (Å²) in [4.78, 5) is 19.4. The summed E-state index contributed by atoms with van der Waals surface area (Å²) in [6.45, 7) is 6.02. The third-order valence-corrected chi connectivity index (χ3v) is 1.80. The topological polar surface area (TPSA) is 54.9 Å². The average Bonchev–Trinajstić information content (AvgIpc) is 2.14. The van der Waals surface area contributed by atoms with E-state index in [9.17, 15) is 4.79 Å². The van der Waals surface area contributed by atoms with Gasteiger partial charge in [-0.2, -0.15) is 0 Å². The van der Waals surface area contributed by atoms with Crippen molar-refractivity contribution in [2.24, 2.45) is 5.92 Å². The van der Waals surface area contributed by atoms with Crippen molar-refractivity contribution in [3.05, 3.63) is 23.8 Å². The maximum absolute atomic E-state index is 11.2. The molecule has 14 heavy (non-hydrogen) atoms. The summed E-state index contributed by atoms with van der Waals surface area (Å²) in [5, 5.41) is 2.80. The largest absolute Gasteiger partial charge is 0.350 e. The van der Waals surface area contributed by atoms with Gasteiger partial charge in [-0.25, -0.2) is 9.97 Å². The van der Waals surface area contributed by atoms with Crippen LogP contribution in [0.1, 0.15) is 25.4 Å². The van der Waals surface area contributed by atoms with Gasteiger partial charge in [0.25, 0.3) is 0 Å². The van der Waals surface area contributed by atoms with Crippen LogP contribution in [0.3, 0.4) is 0 Å². The van der Waals surface area contributed by atoms with E-state index in [4.69, 9.17) is 0 Å². The summed E-state index contributed by atoms with van der Waals surface area (Å²) in [6.07, 6.45) is 1.69. The quantitative estimate of drug-likeness (QED) is 0.780. The second-order valence-electron chi connectivity index (χ2n) is 3.47. The van der Waals surface area contributed by atoms with Gasteiger partial charge in [0, 0.05) is 12.1 Å². The van der Waals surface area contributed by atoms with Crippen molar-refractivity contribution in [1.29, 1.82) is 0 Å². The summed E-state index contributed by atoms with van der Waals surface area (Å²) in [6, 6.07) is 1.80. The molecule has 0 fully saturated rings. The van der Waals surface area contributed by atoms with Crippen LogP contribution in [0.5, 0.6) is 0 Å². The Bertz CT molecular complexity index is 323. The SMILES string of the molecule is Cc1nccc(CNC(=O)C(C)C)n1. The van der Waals surface area contributed by atoms with Gasteiger partial charge >= 0.3 is 0 Å². The van der Waals surface area contributed by atoms with E-state index in [1.54, 1.807) is 12.3 Å². The van der Waals surface area contributed by atoms with Gasteiger partial charge < -0.3 is 5.32 Å². The lowest BCUT2D eigenvalue weighted by atomic mass is 10.2. The number of nitrogens with one attached hydrogen (secondary N) is 1. The molecule has 1 rings (SSSR count). The molecule has 0 atom stereocenters. The molecule has 0 unspecified atom stereocenters. The summed E-state index contributed by atoms with van der Waals surface area (Å²) >= 11 is 0. The van der Waals surface area contributed by atoms with Gasteiger partial charge in [0.05, 0.1) is 12.2 Å². The molecule has 0 aliphatic heterocycles. The molecule has 0 bridgehead atoms. The molecule has 0 aliphatic rings. The lowest BCUT2D eigenvalue weighted by Crippen LogP contribution is -2.27. The fourth-order valence-corrected chi connectivity index (χ4v) is 0.985. The van der Waals surface area contributed by atoms with E-state index in [0.717, 1.165) is 11.5 Å². The van der Waals surface area contributed by atoms with Crippen molar-refractivity contribution >= 4 is 5.91 Å². The van der Waals surface area contributed by atoms with Gasteiger partial charge in [-0.05, 0) is 13.0 Å². The monoisotopic (exact) mass is 193 g/mol. The Morgan fingerprint density at radius 3 is 2.86 bits per heavy atom. The molecule has 0 spiro atoms. The molecular weight excluding hydrogens is 178 g/mol. The van der Waals surface area contributed by atoms with Crippen molar-refractivity contribution in [3.8, 4) is 0 Å². The molecular formula is C10H15N3O. The predicted molar refractivity (Wildman–Crippen MR) is 53.5 cm³/mol. The Labute approximate surface area is 83.8 Å². The van der Waals surface area contributed by atoms with Crippen LogP contribution in [0.2, 0.25) is 0 Å². The minimum atomic E-state index is 0.0120. The Hall–Kier alpha value is -1.45. The number of nitrogens with zero attached hydrogens (tertiary/aromatic N) is 2. The standard InChI is InChI=1S/C10H15N3O/c1-7(2)10(14)12-6-9-4-5-11-8(3)13-9/h4-5,7H,6H2,1-3H3,(H,12,14). The number of aryl methyl sites for hydroxylation is 1. The fraction of sp³-hybridized carbons (Fsp3) is 0.500. The number of carbonyl (C=O) groups is 1. The van der Waals surface area contributed by atoms with Crippen LogP contribution < -0.4 is 5.32 Å². The maximum Gasteiger partial charge on any atom is 0.222 e. The maximum atomic E-state index is 11.2. The van der Waals surface area contributed by atoms with Crippen molar-refractivity contribution in [1.82, 2.24) is 15.3 Å². The molecule has 4 nitrogen and oxygen atoms in total. The molecule has 4 heteroatoms. The van der Waals surface area contributed by atoms with Crippen molar-refractivity contribution in [3.63, 3.8) is 0 Å². The first-order valence-electron chi connectivity index (χ1n) is 4.66. The van der Waals surface area contributed by atoms with Crippen LogP contribution in [0.25, 0.3) is 0 Å². The third-order valence-electron chi connectivity index (χ3n) is 1.80.